The van der Waals surface area contributed by atoms with E-state index in [1.165, 1.54) is 0 Å². The summed E-state index contributed by atoms with van der Waals surface area (Å²) in [6.07, 6.45) is 2.26. The summed E-state index contributed by atoms with van der Waals surface area (Å²) in [5.74, 6) is -0.641. The van der Waals surface area contributed by atoms with Crippen LogP contribution in [0, 0.1) is 0 Å². The summed E-state index contributed by atoms with van der Waals surface area (Å²) in [4.78, 5) is 24.6. The van der Waals surface area contributed by atoms with E-state index in [0.717, 1.165) is 16.0 Å². The van der Waals surface area contributed by atoms with E-state index in [0.29, 0.717) is 0 Å². The minimum absolute atomic E-state index is 0.117. The molecule has 0 aliphatic heterocycles. The highest BCUT2D eigenvalue weighted by Gasteiger charge is 2.07. The molecule has 23 heavy (non-hydrogen) atoms. The van der Waals surface area contributed by atoms with Crippen molar-refractivity contribution in [3.63, 3.8) is 0 Å². The summed E-state index contributed by atoms with van der Waals surface area (Å²) >= 11 is 1.66. The Balaban J connectivity index is 1.69. The highest BCUT2D eigenvalue weighted by atomic mass is 32.2. The van der Waals surface area contributed by atoms with Gasteiger partial charge in [0.1, 0.15) is 13.2 Å². The smallest absolute Gasteiger partial charge is 0.325 e. The first-order valence-corrected chi connectivity index (χ1v) is 8.49. The second kappa shape index (κ2) is 9.00. The zero-order valence-electron chi connectivity index (χ0n) is 13.0. The van der Waals surface area contributed by atoms with E-state index in [9.17, 15) is 9.59 Å². The monoisotopic (exact) mass is 329 g/mol. The van der Waals surface area contributed by atoms with Crippen LogP contribution in [-0.2, 0) is 27.4 Å². The van der Waals surface area contributed by atoms with Gasteiger partial charge in [-0.1, -0.05) is 42.5 Å². The normalized spacial score (nSPS) is 10.1. The molecule has 2 aromatic rings. The molecule has 4 nitrogen and oxygen atoms in total. The van der Waals surface area contributed by atoms with Gasteiger partial charge in [0, 0.05) is 4.90 Å². The fourth-order valence-electron chi connectivity index (χ4n) is 1.95. The molecule has 0 aromatic heterocycles. The molecule has 0 aliphatic carbocycles. The predicted molar refractivity (Wildman–Crippen MR) is 91.2 cm³/mol. The predicted octanol–water partition coefficient (Wildman–Crippen LogP) is 2.81. The molecular weight excluding hydrogens is 310 g/mol. The number of ether oxygens (including phenoxy) is 1. The fourth-order valence-corrected chi connectivity index (χ4v) is 2.36. The van der Waals surface area contributed by atoms with Crippen molar-refractivity contribution in [3.8, 4) is 0 Å². The van der Waals surface area contributed by atoms with Crippen molar-refractivity contribution in [1.29, 1.82) is 0 Å². The molecule has 0 heterocycles. The lowest BCUT2D eigenvalue weighted by Crippen LogP contribution is -2.31. The SMILES string of the molecule is CSc1ccc(COC(=O)CNC(=O)Cc2ccccc2)cc1. The maximum atomic E-state index is 11.7. The minimum atomic E-state index is -0.444. The molecule has 120 valence electrons. The van der Waals surface area contributed by atoms with Gasteiger partial charge in [0.25, 0.3) is 0 Å². The van der Waals surface area contributed by atoms with Crippen molar-refractivity contribution in [3.05, 3.63) is 65.7 Å². The molecular formula is C18H19NO3S. The molecule has 1 amide bonds. The van der Waals surface area contributed by atoms with Crippen LogP contribution < -0.4 is 5.32 Å². The summed E-state index contributed by atoms with van der Waals surface area (Å²) < 4.78 is 5.14. The number of carbonyl (C=O) groups excluding carboxylic acids is 2. The molecule has 0 atom stereocenters. The van der Waals surface area contributed by atoms with E-state index in [1.807, 2.05) is 60.9 Å². The lowest BCUT2D eigenvalue weighted by Gasteiger charge is -2.07. The number of nitrogens with one attached hydrogen (secondary N) is 1. The summed E-state index contributed by atoms with van der Waals surface area (Å²) in [6, 6.07) is 17.2. The molecule has 0 unspecified atom stereocenters. The summed E-state index contributed by atoms with van der Waals surface area (Å²) in [5.41, 5.74) is 1.83. The molecule has 0 aliphatic rings. The van der Waals surface area contributed by atoms with Gasteiger partial charge in [-0.05, 0) is 29.5 Å². The van der Waals surface area contributed by atoms with Crippen molar-refractivity contribution in [1.82, 2.24) is 5.32 Å². The second-order valence-electron chi connectivity index (χ2n) is 4.95. The van der Waals surface area contributed by atoms with Crippen molar-refractivity contribution >= 4 is 23.6 Å². The van der Waals surface area contributed by atoms with E-state index >= 15 is 0 Å². The molecule has 1 N–H and O–H groups in total. The third kappa shape index (κ3) is 6.16. The number of hydrogen-bond donors (Lipinski definition) is 1. The highest BCUT2D eigenvalue weighted by molar-refractivity contribution is 7.98. The number of benzene rings is 2. The lowest BCUT2D eigenvalue weighted by atomic mass is 10.1. The van der Waals surface area contributed by atoms with Crippen molar-refractivity contribution in [2.75, 3.05) is 12.8 Å². The molecule has 2 aromatic carbocycles. The van der Waals surface area contributed by atoms with E-state index in [-0.39, 0.29) is 25.5 Å². The maximum absolute atomic E-state index is 11.7. The standard InChI is InChI=1S/C18H19NO3S/c1-23-16-9-7-15(8-10-16)13-22-18(21)12-19-17(20)11-14-5-3-2-4-6-14/h2-10H,11-13H2,1H3,(H,19,20). The summed E-state index contributed by atoms with van der Waals surface area (Å²) in [5, 5.41) is 2.57. The van der Waals surface area contributed by atoms with Crippen LogP contribution in [0.3, 0.4) is 0 Å². The van der Waals surface area contributed by atoms with Crippen molar-refractivity contribution < 1.29 is 14.3 Å². The van der Waals surface area contributed by atoms with Gasteiger partial charge in [0.2, 0.25) is 5.91 Å². The quantitative estimate of drug-likeness (QED) is 0.627. The van der Waals surface area contributed by atoms with Gasteiger partial charge in [-0.15, -0.1) is 11.8 Å². The Labute approximate surface area is 140 Å². The van der Waals surface area contributed by atoms with E-state index in [1.54, 1.807) is 11.8 Å². The Morgan fingerprint density at radius 3 is 2.35 bits per heavy atom. The number of carbonyl (C=O) groups is 2. The van der Waals surface area contributed by atoms with Gasteiger partial charge in [0.15, 0.2) is 0 Å². The molecule has 0 saturated carbocycles. The molecule has 0 fully saturated rings. The second-order valence-corrected chi connectivity index (χ2v) is 5.83. The summed E-state index contributed by atoms with van der Waals surface area (Å²) in [6.45, 7) is 0.0939. The summed E-state index contributed by atoms with van der Waals surface area (Å²) in [7, 11) is 0. The van der Waals surface area contributed by atoms with Crippen molar-refractivity contribution in [2.24, 2.45) is 0 Å². The number of esters is 1. The largest absolute Gasteiger partial charge is 0.460 e. The molecule has 5 heteroatoms. The van der Waals surface area contributed by atoms with Crippen LogP contribution in [-0.4, -0.2) is 24.7 Å². The first-order valence-electron chi connectivity index (χ1n) is 7.26. The van der Waals surface area contributed by atoms with Gasteiger partial charge in [0.05, 0.1) is 6.42 Å². The molecule has 2 rings (SSSR count). The number of thioether (sulfide) groups is 1. The first kappa shape index (κ1) is 17.1. The third-order valence-electron chi connectivity index (χ3n) is 3.20. The maximum Gasteiger partial charge on any atom is 0.325 e. The first-order chi connectivity index (χ1) is 11.2. The van der Waals surface area contributed by atoms with Crippen LogP contribution in [0.2, 0.25) is 0 Å². The Kier molecular flexibility index (Phi) is 6.69. The highest BCUT2D eigenvalue weighted by Crippen LogP contribution is 2.15. The van der Waals surface area contributed by atoms with E-state index < -0.39 is 5.97 Å². The minimum Gasteiger partial charge on any atom is -0.460 e. The number of hydrogen-bond acceptors (Lipinski definition) is 4. The Bertz CT molecular complexity index is 641. The Morgan fingerprint density at radius 1 is 1.00 bits per heavy atom. The Morgan fingerprint density at radius 2 is 1.70 bits per heavy atom. The van der Waals surface area contributed by atoms with Gasteiger partial charge < -0.3 is 10.1 Å². The molecule has 0 saturated heterocycles. The van der Waals surface area contributed by atoms with Gasteiger partial charge in [-0.2, -0.15) is 0 Å². The average Bonchev–Trinajstić information content (AvgIpc) is 2.59. The average molecular weight is 329 g/mol. The number of rotatable bonds is 7. The lowest BCUT2D eigenvalue weighted by molar-refractivity contribution is -0.145. The van der Waals surface area contributed by atoms with E-state index in [2.05, 4.69) is 5.32 Å². The van der Waals surface area contributed by atoms with Crippen LogP contribution >= 0.6 is 11.8 Å². The molecule has 0 spiro atoms. The molecule has 0 radical (unpaired) electrons. The zero-order chi connectivity index (χ0) is 16.5. The van der Waals surface area contributed by atoms with Crippen LogP contribution in [0.1, 0.15) is 11.1 Å². The fraction of sp³-hybridized carbons (Fsp3) is 0.222. The zero-order valence-corrected chi connectivity index (χ0v) is 13.8. The van der Waals surface area contributed by atoms with Gasteiger partial charge >= 0.3 is 5.97 Å². The Hall–Kier alpha value is -2.27. The van der Waals surface area contributed by atoms with Crippen LogP contribution in [0.5, 0.6) is 0 Å². The van der Waals surface area contributed by atoms with Crippen molar-refractivity contribution in [2.45, 2.75) is 17.9 Å². The molecule has 0 bridgehead atoms. The van der Waals surface area contributed by atoms with Gasteiger partial charge in [-0.25, -0.2) is 0 Å². The van der Waals surface area contributed by atoms with E-state index in [4.69, 9.17) is 4.74 Å². The topological polar surface area (TPSA) is 55.4 Å². The van der Waals surface area contributed by atoms with Crippen LogP contribution in [0.4, 0.5) is 0 Å². The van der Waals surface area contributed by atoms with Crippen LogP contribution in [0.15, 0.2) is 59.5 Å². The van der Waals surface area contributed by atoms with Crippen LogP contribution in [0.25, 0.3) is 0 Å². The third-order valence-corrected chi connectivity index (χ3v) is 3.94. The van der Waals surface area contributed by atoms with Gasteiger partial charge in [-0.3, -0.25) is 9.59 Å². The number of amides is 1.